The lowest BCUT2D eigenvalue weighted by molar-refractivity contribution is -0.102. The van der Waals surface area contributed by atoms with Gasteiger partial charge in [0.1, 0.15) is 0 Å². The van der Waals surface area contributed by atoms with E-state index in [4.69, 9.17) is 0 Å². The van der Waals surface area contributed by atoms with E-state index in [0.29, 0.717) is 12.3 Å². The molecule has 0 aromatic rings. The molecule has 0 spiro atoms. The van der Waals surface area contributed by atoms with Gasteiger partial charge in [-0.25, -0.2) is 0 Å². The monoisotopic (exact) mass is 112 g/mol. The fraction of sp³-hybridized carbons (Fsp3) is 0.600. The van der Waals surface area contributed by atoms with Crippen LogP contribution >= 0.6 is 0 Å². The quantitative estimate of drug-likeness (QED) is 0.452. The van der Waals surface area contributed by atoms with E-state index in [1.165, 1.54) is 0 Å². The molecule has 0 aliphatic carbocycles. The Hall–Kier alpha value is -0.700. The zero-order valence-electron chi connectivity index (χ0n) is 4.55. The SMILES string of the molecule is O=CC1=NCCNC1. The molecule has 1 heterocycles. The fourth-order valence-electron chi connectivity index (χ4n) is 0.630. The van der Waals surface area contributed by atoms with Gasteiger partial charge in [-0.05, 0) is 0 Å². The Morgan fingerprint density at radius 1 is 1.75 bits per heavy atom. The third-order valence-electron chi connectivity index (χ3n) is 1.05. The van der Waals surface area contributed by atoms with Gasteiger partial charge in [-0.3, -0.25) is 9.79 Å². The first-order valence-electron chi connectivity index (χ1n) is 2.62. The van der Waals surface area contributed by atoms with Crippen LogP contribution in [0.25, 0.3) is 0 Å². The van der Waals surface area contributed by atoms with Crippen LogP contribution in [0.4, 0.5) is 0 Å². The molecule has 3 nitrogen and oxygen atoms in total. The summed E-state index contributed by atoms with van der Waals surface area (Å²) >= 11 is 0. The summed E-state index contributed by atoms with van der Waals surface area (Å²) in [6.07, 6.45) is 0.798. The van der Waals surface area contributed by atoms with E-state index in [-0.39, 0.29) is 0 Å². The van der Waals surface area contributed by atoms with E-state index < -0.39 is 0 Å². The third kappa shape index (κ3) is 1.13. The molecule has 8 heavy (non-hydrogen) atoms. The Morgan fingerprint density at radius 2 is 2.62 bits per heavy atom. The first kappa shape index (κ1) is 5.44. The van der Waals surface area contributed by atoms with E-state index in [1.54, 1.807) is 0 Å². The van der Waals surface area contributed by atoms with Gasteiger partial charge in [-0.1, -0.05) is 0 Å². The van der Waals surface area contributed by atoms with Gasteiger partial charge in [-0.2, -0.15) is 0 Å². The van der Waals surface area contributed by atoms with Crippen molar-refractivity contribution in [1.29, 1.82) is 0 Å². The van der Waals surface area contributed by atoms with E-state index >= 15 is 0 Å². The average Bonchev–Trinajstić information content (AvgIpc) is 1.90. The van der Waals surface area contributed by atoms with Crippen molar-refractivity contribution in [2.45, 2.75) is 0 Å². The fourth-order valence-corrected chi connectivity index (χ4v) is 0.630. The molecule has 44 valence electrons. The second-order valence-electron chi connectivity index (χ2n) is 1.67. The summed E-state index contributed by atoms with van der Waals surface area (Å²) in [6, 6.07) is 0. The smallest absolute Gasteiger partial charge is 0.165 e. The molecule has 0 fully saturated rings. The number of aldehydes is 1. The summed E-state index contributed by atoms with van der Waals surface area (Å²) in [5, 5.41) is 3.02. The molecular weight excluding hydrogens is 104 g/mol. The molecule has 1 N–H and O–H groups in total. The molecule has 0 amide bonds. The van der Waals surface area contributed by atoms with Gasteiger partial charge >= 0.3 is 0 Å². The molecule has 0 bridgehead atoms. The molecule has 1 aliphatic rings. The van der Waals surface area contributed by atoms with E-state index in [9.17, 15) is 4.79 Å². The van der Waals surface area contributed by atoms with Crippen LogP contribution < -0.4 is 5.32 Å². The highest BCUT2D eigenvalue weighted by Crippen LogP contribution is 1.79. The first-order valence-corrected chi connectivity index (χ1v) is 2.62. The molecular formula is C5H8N2O. The van der Waals surface area contributed by atoms with Crippen LogP contribution in [0.3, 0.4) is 0 Å². The minimum atomic E-state index is 0.635. The van der Waals surface area contributed by atoms with Gasteiger partial charge < -0.3 is 5.32 Å². The Labute approximate surface area is 47.8 Å². The molecule has 0 atom stereocenters. The summed E-state index contributed by atoms with van der Waals surface area (Å²) in [4.78, 5) is 13.9. The number of nitrogens with one attached hydrogen (secondary N) is 1. The predicted octanol–water partition coefficient (Wildman–Crippen LogP) is -0.771. The van der Waals surface area contributed by atoms with Crippen LogP contribution in [0.1, 0.15) is 0 Å². The van der Waals surface area contributed by atoms with Gasteiger partial charge in [0.2, 0.25) is 0 Å². The van der Waals surface area contributed by atoms with Crippen LogP contribution in [0, 0.1) is 0 Å². The van der Waals surface area contributed by atoms with E-state index in [0.717, 1.165) is 19.4 Å². The Kier molecular flexibility index (Phi) is 1.75. The Balaban J connectivity index is 2.49. The maximum absolute atomic E-state index is 9.99. The van der Waals surface area contributed by atoms with Crippen molar-refractivity contribution in [1.82, 2.24) is 5.32 Å². The summed E-state index contributed by atoms with van der Waals surface area (Å²) in [5.41, 5.74) is 0.635. The lowest BCUT2D eigenvalue weighted by atomic mass is 10.3. The van der Waals surface area contributed by atoms with Gasteiger partial charge in [0, 0.05) is 13.1 Å². The van der Waals surface area contributed by atoms with Gasteiger partial charge in [0.05, 0.1) is 12.3 Å². The summed E-state index contributed by atoms with van der Waals surface area (Å²) in [6.45, 7) is 2.29. The second-order valence-corrected chi connectivity index (χ2v) is 1.67. The van der Waals surface area contributed by atoms with Crippen molar-refractivity contribution in [3.05, 3.63) is 0 Å². The number of nitrogens with zero attached hydrogens (tertiary/aromatic N) is 1. The third-order valence-corrected chi connectivity index (χ3v) is 1.05. The summed E-state index contributed by atoms with van der Waals surface area (Å²) in [7, 11) is 0. The molecule has 0 aromatic heterocycles. The zero-order valence-corrected chi connectivity index (χ0v) is 4.55. The molecule has 0 saturated carbocycles. The molecule has 0 saturated heterocycles. The van der Waals surface area contributed by atoms with Crippen molar-refractivity contribution >= 4 is 12.0 Å². The number of carbonyl (C=O) groups is 1. The van der Waals surface area contributed by atoms with Crippen LogP contribution in [0.2, 0.25) is 0 Å². The van der Waals surface area contributed by atoms with Crippen LogP contribution in [0.5, 0.6) is 0 Å². The number of aliphatic imine (C=N–C) groups is 1. The van der Waals surface area contributed by atoms with Crippen LogP contribution in [-0.2, 0) is 4.79 Å². The molecule has 0 aromatic carbocycles. The van der Waals surface area contributed by atoms with E-state index in [2.05, 4.69) is 10.3 Å². The predicted molar refractivity (Wildman–Crippen MR) is 31.2 cm³/mol. The average molecular weight is 112 g/mol. The standard InChI is InChI=1S/C5H8N2O/c8-4-5-3-6-1-2-7-5/h4,6H,1-3H2. The molecule has 3 heteroatoms. The summed E-state index contributed by atoms with van der Waals surface area (Å²) < 4.78 is 0. The van der Waals surface area contributed by atoms with Crippen molar-refractivity contribution in [2.75, 3.05) is 19.6 Å². The normalized spacial score (nSPS) is 19.8. The minimum Gasteiger partial charge on any atom is -0.309 e. The highest BCUT2D eigenvalue weighted by Gasteiger charge is 1.99. The zero-order chi connectivity index (χ0) is 5.82. The van der Waals surface area contributed by atoms with Gasteiger partial charge in [0.15, 0.2) is 6.29 Å². The maximum atomic E-state index is 9.99. The van der Waals surface area contributed by atoms with Crippen molar-refractivity contribution in [3.63, 3.8) is 0 Å². The first-order chi connectivity index (χ1) is 3.93. The lowest BCUT2D eigenvalue weighted by Gasteiger charge is -2.06. The highest BCUT2D eigenvalue weighted by atomic mass is 16.1. The van der Waals surface area contributed by atoms with Crippen LogP contribution in [0.15, 0.2) is 4.99 Å². The number of hydrogen-bond donors (Lipinski definition) is 1. The van der Waals surface area contributed by atoms with Gasteiger partial charge in [-0.15, -0.1) is 0 Å². The second kappa shape index (κ2) is 2.57. The largest absolute Gasteiger partial charge is 0.309 e. The van der Waals surface area contributed by atoms with Crippen molar-refractivity contribution in [2.24, 2.45) is 4.99 Å². The number of rotatable bonds is 1. The van der Waals surface area contributed by atoms with Crippen molar-refractivity contribution < 1.29 is 4.79 Å². The van der Waals surface area contributed by atoms with Crippen molar-refractivity contribution in [3.8, 4) is 0 Å². The van der Waals surface area contributed by atoms with E-state index in [1.807, 2.05) is 0 Å². The highest BCUT2D eigenvalue weighted by molar-refractivity contribution is 6.29. The summed E-state index contributed by atoms with van der Waals surface area (Å²) in [5.74, 6) is 0. The molecule has 0 radical (unpaired) electrons. The molecule has 1 rings (SSSR count). The topological polar surface area (TPSA) is 41.5 Å². The molecule has 1 aliphatic heterocycles. The van der Waals surface area contributed by atoms with Gasteiger partial charge in [0.25, 0.3) is 0 Å². The number of carbonyl (C=O) groups excluding carboxylic acids is 1. The molecule has 0 unspecified atom stereocenters. The number of hydrogen-bond acceptors (Lipinski definition) is 3. The Morgan fingerprint density at radius 3 is 3.00 bits per heavy atom. The Bertz CT molecular complexity index is 120. The van der Waals surface area contributed by atoms with Crippen LogP contribution in [-0.4, -0.2) is 31.6 Å². The lowest BCUT2D eigenvalue weighted by Crippen LogP contribution is -2.31. The minimum absolute atomic E-state index is 0.635. The maximum Gasteiger partial charge on any atom is 0.165 e.